The van der Waals surface area contributed by atoms with E-state index >= 15 is 0 Å². The molecular formula is C13H19NO. The third-order valence-corrected chi connectivity index (χ3v) is 3.61. The van der Waals surface area contributed by atoms with E-state index in [1.807, 2.05) is 14.1 Å². The fourth-order valence-electron chi connectivity index (χ4n) is 2.25. The second-order valence-corrected chi connectivity index (χ2v) is 4.73. The molecule has 0 aromatic heterocycles. The largest absolute Gasteiger partial charge is 0.395 e. The van der Waals surface area contributed by atoms with Gasteiger partial charge in [-0.05, 0) is 30.5 Å². The molecule has 0 amide bonds. The highest BCUT2D eigenvalue weighted by Crippen LogP contribution is 2.43. The molecule has 0 heterocycles. The predicted molar refractivity (Wildman–Crippen MR) is 63.4 cm³/mol. The summed E-state index contributed by atoms with van der Waals surface area (Å²) >= 11 is 0. The highest BCUT2D eigenvalue weighted by Gasteiger charge is 2.37. The highest BCUT2D eigenvalue weighted by atomic mass is 16.3. The number of anilines is 1. The van der Waals surface area contributed by atoms with Gasteiger partial charge >= 0.3 is 0 Å². The van der Waals surface area contributed by atoms with Crippen molar-refractivity contribution in [2.45, 2.75) is 24.7 Å². The average molecular weight is 205 g/mol. The van der Waals surface area contributed by atoms with Gasteiger partial charge in [-0.3, -0.25) is 0 Å². The Morgan fingerprint density at radius 1 is 1.20 bits per heavy atom. The summed E-state index contributed by atoms with van der Waals surface area (Å²) in [7, 11) is 4.08. The lowest BCUT2D eigenvalue weighted by Crippen LogP contribution is -2.37. The van der Waals surface area contributed by atoms with Gasteiger partial charge in [0.15, 0.2) is 0 Å². The van der Waals surface area contributed by atoms with E-state index in [0.29, 0.717) is 0 Å². The van der Waals surface area contributed by atoms with Gasteiger partial charge in [0, 0.05) is 25.2 Å². The standard InChI is InChI=1S/C13H19NO/c1-14(2)12-6-4-11(5-7-12)13(10-15)8-3-9-13/h4-7,15H,3,8-10H2,1-2H3. The summed E-state index contributed by atoms with van der Waals surface area (Å²) in [4.78, 5) is 2.09. The molecule has 1 saturated carbocycles. The van der Waals surface area contributed by atoms with Gasteiger partial charge in [-0.15, -0.1) is 0 Å². The summed E-state index contributed by atoms with van der Waals surface area (Å²) in [6.07, 6.45) is 3.51. The van der Waals surface area contributed by atoms with Crippen molar-refractivity contribution in [3.05, 3.63) is 29.8 Å². The minimum Gasteiger partial charge on any atom is -0.395 e. The number of aliphatic hydroxyl groups is 1. The summed E-state index contributed by atoms with van der Waals surface area (Å²) in [5.74, 6) is 0. The maximum absolute atomic E-state index is 9.46. The first kappa shape index (κ1) is 10.5. The Labute approximate surface area is 91.5 Å². The Hall–Kier alpha value is -1.02. The van der Waals surface area contributed by atoms with Crippen LogP contribution in [0.4, 0.5) is 5.69 Å². The minimum absolute atomic E-state index is 0.0742. The molecule has 2 rings (SSSR count). The third-order valence-electron chi connectivity index (χ3n) is 3.61. The zero-order valence-corrected chi connectivity index (χ0v) is 9.53. The quantitative estimate of drug-likeness (QED) is 0.817. The maximum atomic E-state index is 9.46. The molecule has 1 fully saturated rings. The van der Waals surface area contributed by atoms with Crippen LogP contribution in [0.5, 0.6) is 0 Å². The van der Waals surface area contributed by atoms with E-state index in [9.17, 15) is 5.11 Å². The Morgan fingerprint density at radius 2 is 1.80 bits per heavy atom. The van der Waals surface area contributed by atoms with Gasteiger partial charge in [-0.2, -0.15) is 0 Å². The summed E-state index contributed by atoms with van der Waals surface area (Å²) in [6, 6.07) is 8.57. The van der Waals surface area contributed by atoms with Gasteiger partial charge in [0.25, 0.3) is 0 Å². The molecule has 0 radical (unpaired) electrons. The number of benzene rings is 1. The lowest BCUT2D eigenvalue weighted by molar-refractivity contribution is 0.120. The zero-order chi connectivity index (χ0) is 10.9. The van der Waals surface area contributed by atoms with Gasteiger partial charge in [0.05, 0.1) is 6.61 Å². The van der Waals surface area contributed by atoms with Gasteiger partial charge < -0.3 is 10.0 Å². The Balaban J connectivity index is 2.23. The molecule has 0 bridgehead atoms. The smallest absolute Gasteiger partial charge is 0.0527 e. The van der Waals surface area contributed by atoms with Crippen LogP contribution in [0, 0.1) is 0 Å². The van der Waals surface area contributed by atoms with Crippen molar-refractivity contribution in [2.75, 3.05) is 25.6 Å². The maximum Gasteiger partial charge on any atom is 0.0527 e. The first-order valence-corrected chi connectivity index (χ1v) is 5.57. The van der Waals surface area contributed by atoms with Gasteiger partial charge in [-0.25, -0.2) is 0 Å². The number of aliphatic hydroxyl groups excluding tert-OH is 1. The van der Waals surface area contributed by atoms with Crippen molar-refractivity contribution in [3.63, 3.8) is 0 Å². The Morgan fingerprint density at radius 3 is 2.13 bits per heavy atom. The fraction of sp³-hybridized carbons (Fsp3) is 0.538. The summed E-state index contributed by atoms with van der Waals surface area (Å²) < 4.78 is 0. The molecular weight excluding hydrogens is 186 g/mol. The minimum atomic E-state index is 0.0742. The van der Waals surface area contributed by atoms with Crippen LogP contribution in [-0.4, -0.2) is 25.8 Å². The third kappa shape index (κ3) is 1.74. The van der Waals surface area contributed by atoms with Crippen molar-refractivity contribution >= 4 is 5.69 Å². The molecule has 15 heavy (non-hydrogen) atoms. The van der Waals surface area contributed by atoms with E-state index in [1.54, 1.807) is 0 Å². The van der Waals surface area contributed by atoms with Crippen LogP contribution in [0.25, 0.3) is 0 Å². The molecule has 0 unspecified atom stereocenters. The fourth-order valence-corrected chi connectivity index (χ4v) is 2.25. The van der Waals surface area contributed by atoms with Crippen LogP contribution in [0.1, 0.15) is 24.8 Å². The molecule has 1 N–H and O–H groups in total. The Bertz CT molecular complexity index is 319. The predicted octanol–water partition coefficient (Wildman–Crippen LogP) is 2.17. The van der Waals surface area contributed by atoms with Crippen molar-refractivity contribution in [1.82, 2.24) is 0 Å². The molecule has 2 heteroatoms. The van der Waals surface area contributed by atoms with Crippen LogP contribution in [0.2, 0.25) is 0 Å². The van der Waals surface area contributed by atoms with Crippen molar-refractivity contribution in [2.24, 2.45) is 0 Å². The Kier molecular flexibility index (Phi) is 2.70. The van der Waals surface area contributed by atoms with Crippen LogP contribution in [0.3, 0.4) is 0 Å². The molecule has 2 nitrogen and oxygen atoms in total. The molecule has 1 aromatic rings. The topological polar surface area (TPSA) is 23.5 Å². The molecule has 1 aliphatic carbocycles. The lowest BCUT2D eigenvalue weighted by atomic mass is 9.65. The number of hydrogen-bond acceptors (Lipinski definition) is 2. The molecule has 0 spiro atoms. The van der Waals surface area contributed by atoms with Crippen molar-refractivity contribution in [1.29, 1.82) is 0 Å². The molecule has 0 saturated heterocycles. The van der Waals surface area contributed by atoms with E-state index in [4.69, 9.17) is 0 Å². The van der Waals surface area contributed by atoms with Crippen LogP contribution < -0.4 is 4.90 Å². The molecule has 82 valence electrons. The molecule has 1 aliphatic rings. The second kappa shape index (κ2) is 3.86. The van der Waals surface area contributed by atoms with Gasteiger partial charge in [-0.1, -0.05) is 18.6 Å². The lowest BCUT2D eigenvalue weighted by Gasteiger charge is -2.41. The van der Waals surface area contributed by atoms with E-state index < -0.39 is 0 Å². The summed E-state index contributed by atoms with van der Waals surface area (Å²) in [5.41, 5.74) is 2.58. The van der Waals surface area contributed by atoms with E-state index in [2.05, 4.69) is 29.2 Å². The second-order valence-electron chi connectivity index (χ2n) is 4.73. The van der Waals surface area contributed by atoms with Crippen LogP contribution in [0.15, 0.2) is 24.3 Å². The SMILES string of the molecule is CN(C)c1ccc(C2(CO)CCC2)cc1. The number of hydrogen-bond donors (Lipinski definition) is 1. The van der Waals surface area contributed by atoms with Gasteiger partial charge in [0.2, 0.25) is 0 Å². The van der Waals surface area contributed by atoms with Crippen LogP contribution >= 0.6 is 0 Å². The normalized spacial score (nSPS) is 18.3. The van der Waals surface area contributed by atoms with Gasteiger partial charge in [0.1, 0.15) is 0 Å². The van der Waals surface area contributed by atoms with Crippen molar-refractivity contribution < 1.29 is 5.11 Å². The monoisotopic (exact) mass is 205 g/mol. The molecule has 0 atom stereocenters. The molecule has 0 aliphatic heterocycles. The summed E-state index contributed by atoms with van der Waals surface area (Å²) in [6.45, 7) is 0.286. The number of nitrogens with zero attached hydrogens (tertiary/aromatic N) is 1. The van der Waals surface area contributed by atoms with Crippen LogP contribution in [-0.2, 0) is 5.41 Å². The van der Waals surface area contributed by atoms with Crippen molar-refractivity contribution in [3.8, 4) is 0 Å². The first-order valence-electron chi connectivity index (χ1n) is 5.57. The highest BCUT2D eigenvalue weighted by molar-refractivity contribution is 5.47. The average Bonchev–Trinajstić information content (AvgIpc) is 2.18. The van der Waals surface area contributed by atoms with E-state index in [-0.39, 0.29) is 12.0 Å². The zero-order valence-electron chi connectivity index (χ0n) is 9.53. The molecule has 1 aromatic carbocycles. The first-order chi connectivity index (χ1) is 7.18. The van der Waals surface area contributed by atoms with E-state index in [1.165, 1.54) is 17.7 Å². The number of rotatable bonds is 3. The summed E-state index contributed by atoms with van der Waals surface area (Å²) in [5, 5.41) is 9.46. The van der Waals surface area contributed by atoms with E-state index in [0.717, 1.165) is 12.8 Å².